The molecule has 0 saturated heterocycles. The van der Waals surface area contributed by atoms with Crippen LogP contribution in [0.25, 0.3) is 0 Å². The van der Waals surface area contributed by atoms with Crippen molar-refractivity contribution in [2.45, 2.75) is 19.1 Å². The maximum Gasteiger partial charge on any atom is 0.329 e. The summed E-state index contributed by atoms with van der Waals surface area (Å²) >= 11 is 0. The largest absolute Gasteiger partial charge is 0.480 e. The summed E-state index contributed by atoms with van der Waals surface area (Å²) in [6, 6.07) is 8.23. The molecule has 1 amide bonds. The molecule has 32 heavy (non-hydrogen) atoms. The van der Waals surface area contributed by atoms with E-state index >= 15 is 0 Å². The van der Waals surface area contributed by atoms with Gasteiger partial charge in [-0.25, -0.2) is 4.79 Å². The first-order chi connectivity index (χ1) is 15.5. The summed E-state index contributed by atoms with van der Waals surface area (Å²) < 4.78 is 25.7. The van der Waals surface area contributed by atoms with Crippen molar-refractivity contribution in [2.75, 3.05) is 59.4 Å². The molecule has 1 aromatic carbocycles. The highest BCUT2D eigenvalue weighted by Crippen LogP contribution is 2.02. The smallest absolute Gasteiger partial charge is 0.329 e. The zero-order valence-corrected chi connectivity index (χ0v) is 18.0. The highest BCUT2D eigenvalue weighted by molar-refractivity contribution is 5.86. The van der Waals surface area contributed by atoms with Crippen LogP contribution in [0.1, 0.15) is 12.0 Å². The second-order valence-electron chi connectivity index (χ2n) is 6.53. The zero-order valence-electron chi connectivity index (χ0n) is 18.0. The summed E-state index contributed by atoms with van der Waals surface area (Å²) in [5.41, 5.74) is 6.58. The number of carbonyl (C=O) groups is 3. The molecule has 0 aromatic heterocycles. The molecule has 0 radical (unpaired) electrons. The van der Waals surface area contributed by atoms with Gasteiger partial charge >= 0.3 is 11.9 Å². The molecule has 0 heterocycles. The van der Waals surface area contributed by atoms with Crippen LogP contribution in [0.5, 0.6) is 0 Å². The van der Waals surface area contributed by atoms with Gasteiger partial charge in [-0.15, -0.1) is 0 Å². The minimum Gasteiger partial charge on any atom is -0.480 e. The summed E-state index contributed by atoms with van der Waals surface area (Å²) in [4.78, 5) is 33.9. The number of carboxylic acid groups (broad SMARTS) is 1. The van der Waals surface area contributed by atoms with Gasteiger partial charge in [0.15, 0.2) is 0 Å². The van der Waals surface area contributed by atoms with Crippen molar-refractivity contribution in [3.05, 3.63) is 35.9 Å². The van der Waals surface area contributed by atoms with Crippen molar-refractivity contribution in [2.24, 2.45) is 5.73 Å². The van der Waals surface area contributed by atoms with Crippen LogP contribution in [0.15, 0.2) is 30.3 Å². The Morgan fingerprint density at radius 3 is 2.03 bits per heavy atom. The highest BCUT2D eigenvalue weighted by Gasteiger charge is 2.18. The van der Waals surface area contributed by atoms with Crippen LogP contribution in [0, 0.1) is 0 Å². The van der Waals surface area contributed by atoms with Gasteiger partial charge in [0.1, 0.15) is 13.2 Å². The molecule has 0 bridgehead atoms. The molecule has 4 N–H and O–H groups in total. The Kier molecular flexibility index (Phi) is 15.5. The fraction of sp³-hybridized carbons (Fsp3) is 0.571. The molecular formula is C21H32N2O9. The first kappa shape index (κ1) is 27.5. The van der Waals surface area contributed by atoms with E-state index < -0.39 is 23.9 Å². The molecule has 11 heteroatoms. The van der Waals surface area contributed by atoms with Crippen molar-refractivity contribution in [3.63, 3.8) is 0 Å². The molecule has 0 aliphatic rings. The Bertz CT molecular complexity index is 658. The summed E-state index contributed by atoms with van der Waals surface area (Å²) in [6.45, 7) is 2.26. The van der Waals surface area contributed by atoms with Gasteiger partial charge in [-0.1, -0.05) is 30.3 Å². The molecule has 180 valence electrons. The monoisotopic (exact) mass is 456 g/mol. The molecule has 1 aromatic rings. The van der Waals surface area contributed by atoms with E-state index in [1.165, 1.54) is 0 Å². The fourth-order valence-corrected chi connectivity index (χ4v) is 2.27. The van der Waals surface area contributed by atoms with Crippen molar-refractivity contribution in [3.8, 4) is 0 Å². The highest BCUT2D eigenvalue weighted by atomic mass is 16.6. The predicted molar refractivity (Wildman–Crippen MR) is 113 cm³/mol. The number of ether oxygens (including phenoxy) is 5. The number of aliphatic carboxylic acids is 1. The lowest BCUT2D eigenvalue weighted by molar-refractivity contribution is -0.146. The first-order valence-corrected chi connectivity index (χ1v) is 10.2. The lowest BCUT2D eigenvalue weighted by Gasteiger charge is -2.12. The van der Waals surface area contributed by atoms with E-state index in [9.17, 15) is 14.4 Å². The van der Waals surface area contributed by atoms with Gasteiger partial charge in [-0.3, -0.25) is 9.59 Å². The second-order valence-corrected chi connectivity index (χ2v) is 6.53. The van der Waals surface area contributed by atoms with Crippen LogP contribution in [0.4, 0.5) is 0 Å². The molecule has 0 spiro atoms. The van der Waals surface area contributed by atoms with E-state index in [1.807, 2.05) is 30.3 Å². The average molecular weight is 456 g/mol. The quantitative estimate of drug-likeness (QED) is 0.187. The number of carboxylic acids is 1. The van der Waals surface area contributed by atoms with E-state index in [0.717, 1.165) is 5.56 Å². The Labute approximate surface area is 187 Å². The number of hydrogen-bond acceptors (Lipinski definition) is 9. The Hall–Kier alpha value is -2.57. The third kappa shape index (κ3) is 15.3. The molecule has 0 aliphatic heterocycles. The third-order valence-corrected chi connectivity index (χ3v) is 3.85. The molecule has 0 saturated carbocycles. The Morgan fingerprint density at radius 2 is 1.44 bits per heavy atom. The minimum atomic E-state index is -1.02. The van der Waals surface area contributed by atoms with Gasteiger partial charge in [-0.05, 0) is 5.56 Å². The Morgan fingerprint density at radius 1 is 0.875 bits per heavy atom. The van der Waals surface area contributed by atoms with Crippen molar-refractivity contribution >= 4 is 17.8 Å². The molecule has 1 rings (SSSR count). The van der Waals surface area contributed by atoms with Gasteiger partial charge in [0.05, 0.1) is 58.7 Å². The number of nitrogens with one attached hydrogen (secondary N) is 1. The number of hydrogen-bond donors (Lipinski definition) is 3. The van der Waals surface area contributed by atoms with E-state index in [-0.39, 0.29) is 39.4 Å². The van der Waals surface area contributed by atoms with E-state index in [1.54, 1.807) is 0 Å². The SMILES string of the molecule is N[C@@H](CC(=O)OCc1ccccc1)C(=O)NCCOCCOCCOCCOCC(=O)O. The summed E-state index contributed by atoms with van der Waals surface area (Å²) in [7, 11) is 0. The minimum absolute atomic E-state index is 0.136. The number of amides is 1. The molecule has 0 unspecified atom stereocenters. The predicted octanol–water partition coefficient (Wildman–Crippen LogP) is -0.286. The molecule has 0 aliphatic carbocycles. The van der Waals surface area contributed by atoms with Crippen LogP contribution in [-0.4, -0.2) is 88.4 Å². The zero-order chi connectivity index (χ0) is 23.4. The topological polar surface area (TPSA) is 156 Å². The summed E-state index contributed by atoms with van der Waals surface area (Å²) in [6.07, 6.45) is -0.207. The van der Waals surface area contributed by atoms with Crippen LogP contribution >= 0.6 is 0 Å². The van der Waals surface area contributed by atoms with Crippen LogP contribution < -0.4 is 11.1 Å². The van der Waals surface area contributed by atoms with Crippen LogP contribution in [-0.2, 0) is 44.7 Å². The number of esters is 1. The normalized spacial score (nSPS) is 11.7. The molecule has 0 fully saturated rings. The summed E-state index contributed by atoms with van der Waals surface area (Å²) in [5.74, 6) is -2.01. The number of rotatable bonds is 19. The lowest BCUT2D eigenvalue weighted by atomic mass is 10.2. The van der Waals surface area contributed by atoms with Crippen molar-refractivity contribution in [1.82, 2.24) is 5.32 Å². The average Bonchev–Trinajstić information content (AvgIpc) is 2.78. The molecule has 11 nitrogen and oxygen atoms in total. The van der Waals surface area contributed by atoms with Crippen molar-refractivity contribution in [1.29, 1.82) is 0 Å². The van der Waals surface area contributed by atoms with Gasteiger partial charge in [0.2, 0.25) is 5.91 Å². The first-order valence-electron chi connectivity index (χ1n) is 10.2. The number of benzene rings is 1. The van der Waals surface area contributed by atoms with Crippen molar-refractivity contribution < 1.29 is 43.2 Å². The van der Waals surface area contributed by atoms with Gasteiger partial charge in [0.25, 0.3) is 0 Å². The molecular weight excluding hydrogens is 424 g/mol. The third-order valence-electron chi connectivity index (χ3n) is 3.85. The Balaban J connectivity index is 1.91. The van der Waals surface area contributed by atoms with E-state index in [0.29, 0.717) is 33.0 Å². The second kappa shape index (κ2) is 18.0. The molecule has 1 atom stereocenters. The number of nitrogens with two attached hydrogens (primary N) is 1. The van der Waals surface area contributed by atoms with E-state index in [2.05, 4.69) is 5.32 Å². The lowest BCUT2D eigenvalue weighted by Crippen LogP contribution is -2.43. The van der Waals surface area contributed by atoms with Crippen LogP contribution in [0.2, 0.25) is 0 Å². The van der Waals surface area contributed by atoms with Crippen LogP contribution in [0.3, 0.4) is 0 Å². The maximum atomic E-state index is 11.9. The number of carbonyl (C=O) groups excluding carboxylic acids is 2. The van der Waals surface area contributed by atoms with Gasteiger partial charge < -0.3 is 39.8 Å². The maximum absolute atomic E-state index is 11.9. The van der Waals surface area contributed by atoms with Gasteiger partial charge in [0, 0.05) is 6.54 Å². The standard InChI is InChI=1S/C21H32N2O9/c22-18(14-20(26)32-15-17-4-2-1-3-5-17)21(27)23-6-7-28-8-9-29-10-11-30-12-13-31-16-19(24)25/h1-5,18H,6-16,22H2,(H,23,27)(H,24,25)/t18-/m0/s1. The summed E-state index contributed by atoms with van der Waals surface area (Å²) in [5, 5.41) is 11.0. The van der Waals surface area contributed by atoms with E-state index in [4.69, 9.17) is 34.5 Å². The fourth-order valence-electron chi connectivity index (χ4n) is 2.27. The van der Waals surface area contributed by atoms with Gasteiger partial charge in [-0.2, -0.15) is 0 Å².